The summed E-state index contributed by atoms with van der Waals surface area (Å²) in [6, 6.07) is 11.1. The van der Waals surface area contributed by atoms with Gasteiger partial charge in [0, 0.05) is 17.2 Å². The average molecular weight is 388 g/mol. The minimum absolute atomic E-state index is 0.0183. The number of benzene rings is 2. The van der Waals surface area contributed by atoms with E-state index in [1.165, 1.54) is 16.8 Å². The Morgan fingerprint density at radius 1 is 1.30 bits per heavy atom. The van der Waals surface area contributed by atoms with Crippen LogP contribution in [0.25, 0.3) is 5.69 Å². The molecule has 0 unspecified atom stereocenters. The van der Waals surface area contributed by atoms with Gasteiger partial charge in [-0.15, -0.1) is 5.10 Å². The molecule has 0 atom stereocenters. The number of nitrogens with one attached hydrogen (secondary N) is 1. The van der Waals surface area contributed by atoms with Crippen molar-refractivity contribution in [2.45, 2.75) is 6.92 Å². The number of halogens is 1. The van der Waals surface area contributed by atoms with Crippen molar-refractivity contribution in [3.63, 3.8) is 0 Å². The SMILES string of the molecule is COc1cccc(-n2nnc(C(=O)Nc3ccc(Cl)cc3[N+](=O)[O-])c2C)c1. The highest BCUT2D eigenvalue weighted by Gasteiger charge is 2.22. The van der Waals surface area contributed by atoms with Crippen LogP contribution in [0.2, 0.25) is 5.02 Å². The molecule has 0 aliphatic heterocycles. The Morgan fingerprint density at radius 2 is 2.07 bits per heavy atom. The fourth-order valence-corrected chi connectivity index (χ4v) is 2.64. The Bertz CT molecular complexity index is 1030. The summed E-state index contributed by atoms with van der Waals surface area (Å²) in [5, 5.41) is 21.7. The number of carbonyl (C=O) groups excluding carboxylic acids is 1. The number of nitro groups is 1. The largest absolute Gasteiger partial charge is 0.497 e. The number of amides is 1. The van der Waals surface area contributed by atoms with Gasteiger partial charge < -0.3 is 10.1 Å². The Labute approximate surface area is 158 Å². The van der Waals surface area contributed by atoms with Gasteiger partial charge in [0.05, 0.1) is 23.4 Å². The summed E-state index contributed by atoms with van der Waals surface area (Å²) in [4.78, 5) is 23.1. The molecule has 27 heavy (non-hydrogen) atoms. The van der Waals surface area contributed by atoms with Crippen molar-refractivity contribution in [1.29, 1.82) is 0 Å². The first-order chi connectivity index (χ1) is 12.9. The van der Waals surface area contributed by atoms with Crippen LogP contribution in [0.4, 0.5) is 11.4 Å². The van der Waals surface area contributed by atoms with E-state index in [-0.39, 0.29) is 22.1 Å². The molecule has 0 aliphatic carbocycles. The predicted molar refractivity (Wildman–Crippen MR) is 98.7 cm³/mol. The van der Waals surface area contributed by atoms with Crippen LogP contribution in [0.5, 0.6) is 5.75 Å². The second kappa shape index (κ2) is 7.42. The number of carbonyl (C=O) groups is 1. The molecule has 0 saturated carbocycles. The van der Waals surface area contributed by atoms with Crippen molar-refractivity contribution in [3.05, 3.63) is 69.0 Å². The lowest BCUT2D eigenvalue weighted by Crippen LogP contribution is -2.15. The first-order valence-corrected chi connectivity index (χ1v) is 8.10. The Hall–Kier alpha value is -3.46. The quantitative estimate of drug-likeness (QED) is 0.530. The molecule has 0 saturated heterocycles. The van der Waals surface area contributed by atoms with Crippen molar-refractivity contribution in [2.24, 2.45) is 0 Å². The highest BCUT2D eigenvalue weighted by Crippen LogP contribution is 2.28. The molecule has 138 valence electrons. The van der Waals surface area contributed by atoms with Crippen LogP contribution in [0.15, 0.2) is 42.5 Å². The summed E-state index contributed by atoms with van der Waals surface area (Å²) >= 11 is 5.78. The van der Waals surface area contributed by atoms with E-state index in [9.17, 15) is 14.9 Å². The summed E-state index contributed by atoms with van der Waals surface area (Å²) in [5.74, 6) is 0.0114. The second-order valence-corrected chi connectivity index (χ2v) is 5.95. The number of nitro benzene ring substituents is 1. The van der Waals surface area contributed by atoms with Gasteiger partial charge in [0.25, 0.3) is 11.6 Å². The number of nitrogens with zero attached hydrogens (tertiary/aromatic N) is 4. The van der Waals surface area contributed by atoms with Gasteiger partial charge in [-0.2, -0.15) is 0 Å². The molecule has 0 radical (unpaired) electrons. The van der Waals surface area contributed by atoms with Gasteiger partial charge in [-0.05, 0) is 31.2 Å². The minimum atomic E-state index is -0.624. The number of aromatic nitrogens is 3. The second-order valence-electron chi connectivity index (χ2n) is 5.51. The van der Waals surface area contributed by atoms with E-state index in [0.29, 0.717) is 17.1 Å². The first kappa shape index (κ1) is 18.3. The van der Waals surface area contributed by atoms with E-state index < -0.39 is 10.8 Å². The van der Waals surface area contributed by atoms with Crippen LogP contribution in [-0.2, 0) is 0 Å². The van der Waals surface area contributed by atoms with Crippen molar-refractivity contribution >= 4 is 28.9 Å². The van der Waals surface area contributed by atoms with Gasteiger partial charge in [-0.3, -0.25) is 14.9 Å². The van der Waals surface area contributed by atoms with E-state index >= 15 is 0 Å². The van der Waals surface area contributed by atoms with Crippen molar-refractivity contribution in [2.75, 3.05) is 12.4 Å². The zero-order valence-electron chi connectivity index (χ0n) is 14.3. The van der Waals surface area contributed by atoms with E-state index in [4.69, 9.17) is 16.3 Å². The van der Waals surface area contributed by atoms with Crippen LogP contribution in [0.3, 0.4) is 0 Å². The molecule has 1 heterocycles. The first-order valence-electron chi connectivity index (χ1n) is 7.72. The van der Waals surface area contributed by atoms with Crippen molar-refractivity contribution in [1.82, 2.24) is 15.0 Å². The molecule has 1 amide bonds. The lowest BCUT2D eigenvalue weighted by molar-refractivity contribution is -0.383. The molecule has 1 N–H and O–H groups in total. The third kappa shape index (κ3) is 3.72. The fourth-order valence-electron chi connectivity index (χ4n) is 2.47. The molecule has 0 aliphatic rings. The van der Waals surface area contributed by atoms with Crippen LogP contribution in [0, 0.1) is 17.0 Å². The van der Waals surface area contributed by atoms with Crippen LogP contribution in [-0.4, -0.2) is 32.9 Å². The average Bonchev–Trinajstić information content (AvgIpc) is 3.04. The molecule has 1 aromatic heterocycles. The summed E-state index contributed by atoms with van der Waals surface area (Å²) in [5.41, 5.74) is 0.883. The van der Waals surface area contributed by atoms with Crippen LogP contribution >= 0.6 is 11.6 Å². The molecule has 0 fully saturated rings. The Kier molecular flexibility index (Phi) is 5.04. The summed E-state index contributed by atoms with van der Waals surface area (Å²) in [6.45, 7) is 1.67. The van der Waals surface area contributed by atoms with Gasteiger partial charge >= 0.3 is 0 Å². The topological polar surface area (TPSA) is 112 Å². The monoisotopic (exact) mass is 387 g/mol. The van der Waals surface area contributed by atoms with E-state index in [1.807, 2.05) is 0 Å². The molecular weight excluding hydrogens is 374 g/mol. The molecule has 3 aromatic rings. The number of anilines is 1. The number of methoxy groups -OCH3 is 1. The molecule has 0 bridgehead atoms. The third-order valence-electron chi connectivity index (χ3n) is 3.81. The van der Waals surface area contributed by atoms with E-state index in [0.717, 1.165) is 6.07 Å². The Morgan fingerprint density at radius 3 is 2.78 bits per heavy atom. The van der Waals surface area contributed by atoms with Gasteiger partial charge in [-0.1, -0.05) is 22.9 Å². The van der Waals surface area contributed by atoms with Gasteiger partial charge in [0.2, 0.25) is 0 Å². The number of ether oxygens (including phenoxy) is 1. The number of hydrogen-bond acceptors (Lipinski definition) is 6. The lowest BCUT2D eigenvalue weighted by atomic mass is 10.2. The molecule has 9 nitrogen and oxygen atoms in total. The highest BCUT2D eigenvalue weighted by molar-refractivity contribution is 6.31. The summed E-state index contributed by atoms with van der Waals surface area (Å²) < 4.78 is 6.66. The maximum atomic E-state index is 12.6. The van der Waals surface area contributed by atoms with Gasteiger partial charge in [0.15, 0.2) is 5.69 Å². The summed E-state index contributed by atoms with van der Waals surface area (Å²) in [7, 11) is 1.55. The predicted octanol–water partition coefficient (Wildman–Crippen LogP) is 3.40. The smallest absolute Gasteiger partial charge is 0.294 e. The maximum Gasteiger partial charge on any atom is 0.294 e. The molecule has 10 heteroatoms. The number of hydrogen-bond donors (Lipinski definition) is 1. The zero-order valence-corrected chi connectivity index (χ0v) is 15.1. The van der Waals surface area contributed by atoms with Gasteiger partial charge in [-0.25, -0.2) is 4.68 Å². The van der Waals surface area contributed by atoms with Gasteiger partial charge in [0.1, 0.15) is 11.4 Å². The number of rotatable bonds is 5. The normalized spacial score (nSPS) is 10.5. The van der Waals surface area contributed by atoms with E-state index in [1.54, 1.807) is 38.3 Å². The van der Waals surface area contributed by atoms with Crippen LogP contribution in [0.1, 0.15) is 16.2 Å². The summed E-state index contributed by atoms with van der Waals surface area (Å²) in [6.07, 6.45) is 0. The molecule has 0 spiro atoms. The maximum absolute atomic E-state index is 12.6. The third-order valence-corrected chi connectivity index (χ3v) is 4.05. The minimum Gasteiger partial charge on any atom is -0.497 e. The van der Waals surface area contributed by atoms with Crippen molar-refractivity contribution in [3.8, 4) is 11.4 Å². The Balaban J connectivity index is 1.91. The molecule has 3 rings (SSSR count). The van der Waals surface area contributed by atoms with Crippen molar-refractivity contribution < 1.29 is 14.5 Å². The fraction of sp³-hybridized carbons (Fsp3) is 0.118. The highest BCUT2D eigenvalue weighted by atomic mass is 35.5. The zero-order chi connectivity index (χ0) is 19.6. The van der Waals surface area contributed by atoms with Crippen LogP contribution < -0.4 is 10.1 Å². The molecular formula is C17H14ClN5O4. The lowest BCUT2D eigenvalue weighted by Gasteiger charge is -2.07. The standard InChI is InChI=1S/C17H14ClN5O4/c1-10-16(20-21-22(10)12-4-3-5-13(9-12)27-2)17(24)19-14-7-6-11(18)8-15(14)23(25)26/h3-9H,1-2H3,(H,19,24). The van der Waals surface area contributed by atoms with E-state index in [2.05, 4.69) is 15.6 Å². The molecule has 2 aromatic carbocycles.